The van der Waals surface area contributed by atoms with Gasteiger partial charge in [-0.1, -0.05) is 24.3 Å². The highest BCUT2D eigenvalue weighted by atomic mass is 79.9. The van der Waals surface area contributed by atoms with Crippen molar-refractivity contribution in [2.45, 2.75) is 19.4 Å². The van der Waals surface area contributed by atoms with Crippen molar-refractivity contribution in [2.24, 2.45) is 0 Å². The van der Waals surface area contributed by atoms with E-state index in [9.17, 15) is 9.18 Å². The molecule has 2 aromatic rings. The lowest BCUT2D eigenvalue weighted by Gasteiger charge is -2.21. The molecule has 21 heavy (non-hydrogen) atoms. The first-order chi connectivity index (χ1) is 10.1. The molecule has 1 heterocycles. The number of halogens is 2. The lowest BCUT2D eigenvalue weighted by Crippen LogP contribution is -2.31. The van der Waals surface area contributed by atoms with Gasteiger partial charge in [-0.15, -0.1) is 0 Å². The highest BCUT2D eigenvalue weighted by Crippen LogP contribution is 2.24. The summed E-state index contributed by atoms with van der Waals surface area (Å²) in [7, 11) is 0. The van der Waals surface area contributed by atoms with Crippen LogP contribution in [0.1, 0.15) is 27.9 Å². The van der Waals surface area contributed by atoms with E-state index in [1.807, 2.05) is 17.0 Å². The quantitative estimate of drug-likeness (QED) is 0.757. The van der Waals surface area contributed by atoms with Gasteiger partial charge in [0.05, 0.1) is 5.56 Å². The van der Waals surface area contributed by atoms with Crippen molar-refractivity contribution in [1.82, 2.24) is 4.90 Å². The highest BCUT2D eigenvalue weighted by molar-refractivity contribution is 9.10. The molecule has 2 aromatic carbocycles. The second-order valence-corrected chi connectivity index (χ2v) is 6.08. The molecule has 0 fully saturated rings. The zero-order chi connectivity index (χ0) is 14.8. The van der Waals surface area contributed by atoms with Crippen LogP contribution in [0.3, 0.4) is 0 Å². The van der Waals surface area contributed by atoms with Gasteiger partial charge in [-0.25, -0.2) is 4.39 Å². The molecule has 0 aliphatic carbocycles. The fourth-order valence-electron chi connectivity index (χ4n) is 2.71. The topological polar surface area (TPSA) is 20.3 Å². The second-order valence-electron chi connectivity index (χ2n) is 5.22. The van der Waals surface area contributed by atoms with Crippen molar-refractivity contribution in [3.8, 4) is 0 Å². The summed E-state index contributed by atoms with van der Waals surface area (Å²) in [6, 6.07) is 12.4. The summed E-state index contributed by atoms with van der Waals surface area (Å²) >= 11 is 3.28. The zero-order valence-electron chi connectivity index (χ0n) is 11.5. The van der Waals surface area contributed by atoms with E-state index >= 15 is 0 Å². The molecular formula is C17H15BrFNO. The van der Waals surface area contributed by atoms with Crippen LogP contribution in [0.15, 0.2) is 46.9 Å². The molecule has 0 aromatic heterocycles. The third-order valence-corrected chi connectivity index (χ3v) is 4.46. The number of fused-ring (bicyclic) bond motifs is 1. The maximum absolute atomic E-state index is 13.2. The Morgan fingerprint density at radius 2 is 1.90 bits per heavy atom. The molecular weight excluding hydrogens is 333 g/mol. The van der Waals surface area contributed by atoms with E-state index < -0.39 is 0 Å². The van der Waals surface area contributed by atoms with Crippen molar-refractivity contribution >= 4 is 21.8 Å². The summed E-state index contributed by atoms with van der Waals surface area (Å²) in [5, 5.41) is 0. The molecule has 108 valence electrons. The van der Waals surface area contributed by atoms with Gasteiger partial charge in [0, 0.05) is 17.6 Å². The Morgan fingerprint density at radius 1 is 1.14 bits per heavy atom. The van der Waals surface area contributed by atoms with E-state index in [1.54, 1.807) is 6.07 Å². The Bertz CT molecular complexity index is 686. The van der Waals surface area contributed by atoms with Crippen LogP contribution in [0.25, 0.3) is 0 Å². The molecule has 0 saturated heterocycles. The lowest BCUT2D eigenvalue weighted by atomic mass is 10.0. The van der Waals surface area contributed by atoms with E-state index in [4.69, 9.17) is 0 Å². The molecule has 3 rings (SSSR count). The number of carbonyl (C=O) groups is 1. The molecule has 0 saturated carbocycles. The number of carbonyl (C=O) groups excluding carboxylic acids is 1. The van der Waals surface area contributed by atoms with Crippen LogP contribution in [0.4, 0.5) is 4.39 Å². The maximum Gasteiger partial charge on any atom is 0.255 e. The molecule has 0 spiro atoms. The number of nitrogens with zero attached hydrogens (tertiary/aromatic N) is 1. The third kappa shape index (κ3) is 3.00. The van der Waals surface area contributed by atoms with E-state index in [0.717, 1.165) is 19.4 Å². The first-order valence-corrected chi connectivity index (χ1v) is 7.75. The van der Waals surface area contributed by atoms with E-state index in [1.165, 1.54) is 23.3 Å². The zero-order valence-corrected chi connectivity index (χ0v) is 13.1. The molecule has 0 radical (unpaired) electrons. The number of hydrogen-bond acceptors (Lipinski definition) is 1. The lowest BCUT2D eigenvalue weighted by molar-refractivity contribution is 0.0745. The minimum absolute atomic E-state index is 0.0569. The summed E-state index contributed by atoms with van der Waals surface area (Å²) in [6.07, 6.45) is 1.94. The minimum atomic E-state index is -0.348. The fraction of sp³-hybridized carbons (Fsp3) is 0.235. The van der Waals surface area contributed by atoms with Crippen LogP contribution in [0, 0.1) is 5.82 Å². The largest absolute Gasteiger partial charge is 0.334 e. The van der Waals surface area contributed by atoms with Crippen molar-refractivity contribution in [2.75, 3.05) is 6.54 Å². The van der Waals surface area contributed by atoms with Crippen LogP contribution in [0.2, 0.25) is 0 Å². The van der Waals surface area contributed by atoms with E-state index in [-0.39, 0.29) is 11.7 Å². The van der Waals surface area contributed by atoms with Gasteiger partial charge < -0.3 is 4.90 Å². The molecule has 1 aliphatic heterocycles. The molecule has 0 unspecified atom stereocenters. The predicted molar refractivity (Wildman–Crippen MR) is 83.6 cm³/mol. The van der Waals surface area contributed by atoms with Crippen LogP contribution < -0.4 is 0 Å². The number of benzene rings is 2. The Hall–Kier alpha value is -1.68. The van der Waals surface area contributed by atoms with Crippen molar-refractivity contribution in [3.05, 3.63) is 69.4 Å². The average molecular weight is 348 g/mol. The highest BCUT2D eigenvalue weighted by Gasteiger charge is 2.21. The van der Waals surface area contributed by atoms with Gasteiger partial charge in [0.25, 0.3) is 5.91 Å². The van der Waals surface area contributed by atoms with Gasteiger partial charge in [-0.05, 0) is 58.1 Å². The second kappa shape index (κ2) is 5.98. The van der Waals surface area contributed by atoms with Gasteiger partial charge in [0.1, 0.15) is 5.82 Å². The summed E-state index contributed by atoms with van der Waals surface area (Å²) in [5.74, 6) is -0.404. The Labute approximate surface area is 131 Å². The smallest absolute Gasteiger partial charge is 0.255 e. The van der Waals surface area contributed by atoms with Gasteiger partial charge >= 0.3 is 0 Å². The number of rotatable bonds is 1. The number of aryl methyl sites for hydroxylation is 1. The van der Waals surface area contributed by atoms with Gasteiger partial charge in [0.15, 0.2) is 0 Å². The SMILES string of the molecule is O=C(c1ccc(F)cc1Br)N1CCCc2ccccc2C1. The summed E-state index contributed by atoms with van der Waals surface area (Å²) in [4.78, 5) is 14.5. The summed E-state index contributed by atoms with van der Waals surface area (Å²) in [6.45, 7) is 1.33. The van der Waals surface area contributed by atoms with Gasteiger partial charge in [-0.2, -0.15) is 0 Å². The fourth-order valence-corrected chi connectivity index (χ4v) is 3.23. The van der Waals surface area contributed by atoms with Crippen molar-refractivity contribution in [3.63, 3.8) is 0 Å². The van der Waals surface area contributed by atoms with Gasteiger partial charge in [-0.3, -0.25) is 4.79 Å². The first kappa shape index (κ1) is 14.3. The third-order valence-electron chi connectivity index (χ3n) is 3.80. The maximum atomic E-state index is 13.2. The molecule has 0 atom stereocenters. The number of amides is 1. The average Bonchev–Trinajstić information content (AvgIpc) is 2.68. The molecule has 0 N–H and O–H groups in total. The minimum Gasteiger partial charge on any atom is -0.334 e. The Morgan fingerprint density at radius 3 is 2.67 bits per heavy atom. The molecule has 4 heteroatoms. The van der Waals surface area contributed by atoms with E-state index in [2.05, 4.69) is 28.1 Å². The summed E-state index contributed by atoms with van der Waals surface area (Å²) < 4.78 is 13.7. The Balaban J connectivity index is 1.88. The van der Waals surface area contributed by atoms with Crippen LogP contribution in [0.5, 0.6) is 0 Å². The summed E-state index contributed by atoms with van der Waals surface area (Å²) in [5.41, 5.74) is 3.02. The monoisotopic (exact) mass is 347 g/mol. The Kier molecular flexibility index (Phi) is 4.06. The first-order valence-electron chi connectivity index (χ1n) is 6.96. The van der Waals surface area contributed by atoms with Crippen LogP contribution in [-0.4, -0.2) is 17.4 Å². The molecule has 1 aliphatic rings. The van der Waals surface area contributed by atoms with Crippen molar-refractivity contribution in [1.29, 1.82) is 0 Å². The van der Waals surface area contributed by atoms with Crippen LogP contribution in [-0.2, 0) is 13.0 Å². The van der Waals surface area contributed by atoms with Gasteiger partial charge in [0.2, 0.25) is 0 Å². The standard InChI is InChI=1S/C17H15BrFNO/c18-16-10-14(19)7-8-15(16)17(21)20-9-3-6-12-4-1-2-5-13(12)11-20/h1-2,4-5,7-8,10H,3,6,9,11H2. The predicted octanol–water partition coefficient (Wildman–Crippen LogP) is 4.18. The molecule has 0 bridgehead atoms. The number of hydrogen-bond donors (Lipinski definition) is 0. The normalized spacial score (nSPS) is 14.5. The van der Waals surface area contributed by atoms with Crippen molar-refractivity contribution < 1.29 is 9.18 Å². The van der Waals surface area contributed by atoms with E-state index in [0.29, 0.717) is 16.6 Å². The molecule has 2 nitrogen and oxygen atoms in total. The van der Waals surface area contributed by atoms with Crippen LogP contribution >= 0.6 is 15.9 Å². The molecule has 1 amide bonds.